The molecular formula is C20H16BrClN2O. The van der Waals surface area contributed by atoms with E-state index in [0.717, 1.165) is 21.2 Å². The molecular weight excluding hydrogens is 400 g/mol. The van der Waals surface area contributed by atoms with Crippen LogP contribution in [0.25, 0.3) is 0 Å². The number of hydrogen-bond acceptors (Lipinski definition) is 3. The van der Waals surface area contributed by atoms with Crippen molar-refractivity contribution in [3.63, 3.8) is 0 Å². The van der Waals surface area contributed by atoms with Crippen LogP contribution in [0.5, 0.6) is 0 Å². The molecule has 2 aromatic carbocycles. The summed E-state index contributed by atoms with van der Waals surface area (Å²) in [6.45, 7) is 0. The smallest absolute Gasteiger partial charge is 0.129 e. The Morgan fingerprint density at radius 2 is 1.72 bits per heavy atom. The lowest BCUT2D eigenvalue weighted by Crippen LogP contribution is -2.10. The van der Waals surface area contributed by atoms with Gasteiger partial charge in [0.1, 0.15) is 5.15 Å². The summed E-state index contributed by atoms with van der Waals surface area (Å²) in [7, 11) is 0. The molecule has 1 aromatic heterocycles. The predicted octanol–water partition coefficient (Wildman–Crippen LogP) is 5.90. The van der Waals surface area contributed by atoms with Gasteiger partial charge in [0.25, 0.3) is 0 Å². The van der Waals surface area contributed by atoms with Crippen molar-refractivity contribution < 1.29 is 5.21 Å². The lowest BCUT2D eigenvalue weighted by atomic mass is 9.85. The highest BCUT2D eigenvalue weighted by Crippen LogP contribution is 2.30. The molecule has 0 aliphatic heterocycles. The molecule has 25 heavy (non-hydrogen) atoms. The number of nitrogens with zero attached hydrogens (tertiary/aromatic N) is 2. The lowest BCUT2D eigenvalue weighted by Gasteiger charge is -2.19. The van der Waals surface area contributed by atoms with Gasteiger partial charge in [0.05, 0.1) is 5.71 Å². The first-order valence-electron chi connectivity index (χ1n) is 7.80. The van der Waals surface area contributed by atoms with Crippen LogP contribution in [0.3, 0.4) is 0 Å². The third-order valence-corrected chi connectivity index (χ3v) is 4.79. The zero-order chi connectivity index (χ0) is 17.6. The Labute approximate surface area is 160 Å². The van der Waals surface area contributed by atoms with Gasteiger partial charge in [-0.05, 0) is 35.4 Å². The molecule has 0 saturated carbocycles. The van der Waals surface area contributed by atoms with Gasteiger partial charge in [0.15, 0.2) is 0 Å². The molecule has 0 fully saturated rings. The monoisotopic (exact) mass is 414 g/mol. The van der Waals surface area contributed by atoms with Crippen molar-refractivity contribution in [1.82, 2.24) is 4.98 Å². The maximum absolute atomic E-state index is 9.57. The first kappa shape index (κ1) is 17.6. The van der Waals surface area contributed by atoms with Crippen LogP contribution in [0.2, 0.25) is 5.15 Å². The molecule has 0 amide bonds. The Hall–Kier alpha value is -2.17. The van der Waals surface area contributed by atoms with Crippen molar-refractivity contribution in [3.8, 4) is 0 Å². The van der Waals surface area contributed by atoms with E-state index in [1.165, 1.54) is 0 Å². The van der Waals surface area contributed by atoms with Gasteiger partial charge in [-0.25, -0.2) is 4.98 Å². The molecule has 1 N–H and O–H groups in total. The highest BCUT2D eigenvalue weighted by molar-refractivity contribution is 9.10. The van der Waals surface area contributed by atoms with Crippen LogP contribution in [0.4, 0.5) is 0 Å². The van der Waals surface area contributed by atoms with Gasteiger partial charge >= 0.3 is 0 Å². The average Bonchev–Trinajstić information content (AvgIpc) is 2.64. The van der Waals surface area contributed by atoms with E-state index >= 15 is 0 Å². The summed E-state index contributed by atoms with van der Waals surface area (Å²) in [5.74, 6) is 0.0622. The summed E-state index contributed by atoms with van der Waals surface area (Å²) in [5.41, 5.74) is 3.64. The molecule has 0 spiro atoms. The molecule has 1 heterocycles. The summed E-state index contributed by atoms with van der Waals surface area (Å²) in [6, 6.07) is 21.9. The molecule has 3 rings (SSSR count). The number of pyridine rings is 1. The van der Waals surface area contributed by atoms with E-state index in [4.69, 9.17) is 11.6 Å². The fourth-order valence-corrected chi connectivity index (χ4v) is 3.24. The van der Waals surface area contributed by atoms with E-state index < -0.39 is 0 Å². The molecule has 126 valence electrons. The van der Waals surface area contributed by atoms with Crippen LogP contribution in [0.15, 0.2) is 82.6 Å². The normalized spacial score (nSPS) is 12.8. The zero-order valence-electron chi connectivity index (χ0n) is 13.3. The first-order chi connectivity index (χ1) is 12.2. The van der Waals surface area contributed by atoms with E-state index in [1.807, 2.05) is 30.3 Å². The molecule has 3 aromatic rings. The number of aromatic nitrogens is 1. The van der Waals surface area contributed by atoms with Crippen LogP contribution in [0.1, 0.15) is 29.0 Å². The number of halogens is 2. The van der Waals surface area contributed by atoms with Crippen molar-refractivity contribution in [2.24, 2.45) is 5.16 Å². The maximum atomic E-state index is 9.57. The largest absolute Gasteiger partial charge is 0.411 e. The van der Waals surface area contributed by atoms with Gasteiger partial charge in [-0.1, -0.05) is 75.2 Å². The maximum Gasteiger partial charge on any atom is 0.129 e. The molecule has 1 atom stereocenters. The van der Waals surface area contributed by atoms with E-state index in [2.05, 4.69) is 50.3 Å². The average molecular weight is 416 g/mol. The molecule has 3 nitrogen and oxygen atoms in total. The van der Waals surface area contributed by atoms with Gasteiger partial charge in [0, 0.05) is 28.6 Å². The van der Waals surface area contributed by atoms with Gasteiger partial charge in [-0.15, -0.1) is 0 Å². The standard InChI is InChI=1S/C20H16BrClN2O/c21-17-8-6-15(7-9-17)18(14-4-2-1-3-5-14)13-19(24-25)16-10-11-23-20(22)12-16/h1-12,18,25H,13H2/b24-19-. The van der Waals surface area contributed by atoms with Crippen LogP contribution in [-0.2, 0) is 0 Å². The summed E-state index contributed by atoms with van der Waals surface area (Å²) in [6.07, 6.45) is 2.16. The number of benzene rings is 2. The SMILES string of the molecule is O/N=C(/CC(c1ccccc1)c1ccc(Br)cc1)c1ccnc(Cl)c1. The predicted molar refractivity (Wildman–Crippen MR) is 105 cm³/mol. The van der Waals surface area contributed by atoms with E-state index in [1.54, 1.807) is 18.3 Å². The Morgan fingerprint density at radius 1 is 1.04 bits per heavy atom. The summed E-state index contributed by atoms with van der Waals surface area (Å²) in [5, 5.41) is 13.5. The Morgan fingerprint density at radius 3 is 2.36 bits per heavy atom. The fraction of sp³-hybridized carbons (Fsp3) is 0.100. The van der Waals surface area contributed by atoms with Crippen molar-refractivity contribution in [2.45, 2.75) is 12.3 Å². The van der Waals surface area contributed by atoms with Gasteiger partial charge in [-0.3, -0.25) is 0 Å². The minimum absolute atomic E-state index is 0.0622. The molecule has 0 saturated heterocycles. The minimum atomic E-state index is 0.0622. The number of hydrogen-bond donors (Lipinski definition) is 1. The van der Waals surface area contributed by atoms with Crippen molar-refractivity contribution in [3.05, 3.63) is 99.2 Å². The second-order valence-electron chi connectivity index (χ2n) is 5.63. The van der Waals surface area contributed by atoms with Gasteiger partial charge in [0.2, 0.25) is 0 Å². The summed E-state index contributed by atoms with van der Waals surface area (Å²) < 4.78 is 1.03. The first-order valence-corrected chi connectivity index (χ1v) is 8.97. The van der Waals surface area contributed by atoms with E-state index in [0.29, 0.717) is 17.3 Å². The molecule has 5 heteroatoms. The Balaban J connectivity index is 1.98. The van der Waals surface area contributed by atoms with Gasteiger partial charge < -0.3 is 5.21 Å². The summed E-state index contributed by atoms with van der Waals surface area (Å²) in [4.78, 5) is 3.99. The highest BCUT2D eigenvalue weighted by atomic mass is 79.9. The molecule has 0 aliphatic carbocycles. The molecule has 0 radical (unpaired) electrons. The van der Waals surface area contributed by atoms with Crippen molar-refractivity contribution in [1.29, 1.82) is 0 Å². The second-order valence-corrected chi connectivity index (χ2v) is 6.94. The zero-order valence-corrected chi connectivity index (χ0v) is 15.7. The van der Waals surface area contributed by atoms with E-state index in [-0.39, 0.29) is 5.92 Å². The van der Waals surface area contributed by atoms with Crippen LogP contribution in [0, 0.1) is 0 Å². The molecule has 1 unspecified atom stereocenters. The third-order valence-electron chi connectivity index (χ3n) is 4.05. The van der Waals surface area contributed by atoms with Crippen LogP contribution >= 0.6 is 27.5 Å². The second kappa shape index (κ2) is 8.28. The van der Waals surface area contributed by atoms with Crippen molar-refractivity contribution >= 4 is 33.2 Å². The number of oxime groups is 1. The summed E-state index contributed by atoms with van der Waals surface area (Å²) >= 11 is 9.46. The highest BCUT2D eigenvalue weighted by Gasteiger charge is 2.19. The lowest BCUT2D eigenvalue weighted by molar-refractivity contribution is 0.317. The van der Waals surface area contributed by atoms with Crippen LogP contribution in [-0.4, -0.2) is 15.9 Å². The quantitative estimate of drug-likeness (QED) is 0.244. The van der Waals surface area contributed by atoms with Gasteiger partial charge in [-0.2, -0.15) is 0 Å². The Kier molecular flexibility index (Phi) is 5.84. The number of rotatable bonds is 5. The fourth-order valence-electron chi connectivity index (χ4n) is 2.80. The van der Waals surface area contributed by atoms with Crippen LogP contribution < -0.4 is 0 Å². The van der Waals surface area contributed by atoms with E-state index in [9.17, 15) is 5.21 Å². The molecule has 0 aliphatic rings. The Bertz CT molecular complexity index is 866. The third kappa shape index (κ3) is 4.47. The molecule has 0 bridgehead atoms. The van der Waals surface area contributed by atoms with Crippen molar-refractivity contribution in [2.75, 3.05) is 0 Å². The minimum Gasteiger partial charge on any atom is -0.411 e. The topological polar surface area (TPSA) is 45.5 Å².